The highest BCUT2D eigenvalue weighted by molar-refractivity contribution is 14.1. The van der Waals surface area contributed by atoms with Gasteiger partial charge in [-0.25, -0.2) is 4.79 Å². The van der Waals surface area contributed by atoms with E-state index in [1.54, 1.807) is 0 Å². The van der Waals surface area contributed by atoms with Crippen molar-refractivity contribution in [2.45, 2.75) is 0 Å². The number of urea groups is 1. The summed E-state index contributed by atoms with van der Waals surface area (Å²) in [7, 11) is 0. The van der Waals surface area contributed by atoms with Crippen molar-refractivity contribution in [3.63, 3.8) is 0 Å². The summed E-state index contributed by atoms with van der Waals surface area (Å²) in [6, 6.07) is 12.1. The number of carbonyl (C=O) groups excluding carboxylic acids is 1. The molecule has 0 radical (unpaired) electrons. The molecule has 0 atom stereocenters. The van der Waals surface area contributed by atoms with Crippen molar-refractivity contribution in [3.05, 3.63) is 40.0 Å². The largest absolute Gasteiger partial charge is 0.322 e. The summed E-state index contributed by atoms with van der Waals surface area (Å²) < 4.78 is 1.19. The van der Waals surface area contributed by atoms with Gasteiger partial charge in [-0.2, -0.15) is 0 Å². The molecule has 20 heavy (non-hydrogen) atoms. The van der Waals surface area contributed by atoms with Gasteiger partial charge in [0.2, 0.25) is 0 Å². The molecular formula is C15H16IN3O. The van der Waals surface area contributed by atoms with Crippen molar-refractivity contribution in [1.29, 1.82) is 0 Å². The second-order valence-corrected chi connectivity index (χ2v) is 5.97. The van der Waals surface area contributed by atoms with Crippen molar-refractivity contribution >= 4 is 45.1 Å². The van der Waals surface area contributed by atoms with Gasteiger partial charge in [0.05, 0.1) is 5.69 Å². The van der Waals surface area contributed by atoms with E-state index >= 15 is 0 Å². The quantitative estimate of drug-likeness (QED) is 0.747. The second kappa shape index (κ2) is 5.97. The predicted octanol–water partition coefficient (Wildman–Crippen LogP) is 2.88. The summed E-state index contributed by atoms with van der Waals surface area (Å²) in [5.41, 5.74) is 0.879. The van der Waals surface area contributed by atoms with Gasteiger partial charge < -0.3 is 15.5 Å². The normalized spacial score (nSPS) is 15.3. The summed E-state index contributed by atoms with van der Waals surface area (Å²) in [6.07, 6.45) is 0. The lowest BCUT2D eigenvalue weighted by Gasteiger charge is -2.27. The number of anilines is 1. The van der Waals surface area contributed by atoms with Gasteiger partial charge >= 0.3 is 6.03 Å². The number of carbonyl (C=O) groups is 1. The highest BCUT2D eigenvalue weighted by Crippen LogP contribution is 2.27. The molecule has 2 N–H and O–H groups in total. The maximum atomic E-state index is 12.3. The van der Waals surface area contributed by atoms with Crippen LogP contribution in [0.3, 0.4) is 0 Å². The average molecular weight is 381 g/mol. The van der Waals surface area contributed by atoms with Crippen molar-refractivity contribution in [1.82, 2.24) is 10.2 Å². The maximum Gasteiger partial charge on any atom is 0.321 e. The third-order valence-electron chi connectivity index (χ3n) is 3.52. The molecule has 3 rings (SSSR count). The fourth-order valence-electron chi connectivity index (χ4n) is 2.43. The minimum atomic E-state index is -0.0159. The first-order chi connectivity index (χ1) is 9.75. The smallest absolute Gasteiger partial charge is 0.321 e. The Bertz CT molecular complexity index is 638. The van der Waals surface area contributed by atoms with E-state index in [4.69, 9.17) is 0 Å². The molecule has 0 bridgehead atoms. The number of hydrogen-bond acceptors (Lipinski definition) is 2. The van der Waals surface area contributed by atoms with Crippen LogP contribution >= 0.6 is 22.6 Å². The molecule has 0 aliphatic carbocycles. The standard InChI is InChI=1S/C15H16IN3O/c16-13-5-6-14(12-4-2-1-3-11(12)13)18-15(20)19-9-7-17-8-10-19/h1-6,17H,7-10H2,(H,18,20). The Balaban J connectivity index is 1.87. The average Bonchev–Trinajstić information content (AvgIpc) is 2.51. The Morgan fingerprint density at radius 1 is 1.10 bits per heavy atom. The number of nitrogens with zero attached hydrogens (tertiary/aromatic N) is 1. The van der Waals surface area contributed by atoms with Gasteiger partial charge in [0.1, 0.15) is 0 Å². The van der Waals surface area contributed by atoms with Crippen LogP contribution in [-0.2, 0) is 0 Å². The molecule has 0 unspecified atom stereocenters. The summed E-state index contributed by atoms with van der Waals surface area (Å²) in [5, 5.41) is 8.54. The minimum Gasteiger partial charge on any atom is -0.322 e. The first-order valence-corrected chi connectivity index (χ1v) is 7.77. The Morgan fingerprint density at radius 2 is 1.80 bits per heavy atom. The zero-order valence-corrected chi connectivity index (χ0v) is 13.2. The van der Waals surface area contributed by atoms with Gasteiger partial charge in [-0.15, -0.1) is 0 Å². The molecule has 0 saturated carbocycles. The molecule has 0 aromatic heterocycles. The topological polar surface area (TPSA) is 44.4 Å². The number of benzene rings is 2. The molecule has 1 fully saturated rings. The lowest BCUT2D eigenvalue weighted by molar-refractivity contribution is 0.204. The number of fused-ring (bicyclic) bond motifs is 1. The van der Waals surface area contributed by atoms with Crippen LogP contribution in [0.1, 0.15) is 0 Å². The predicted molar refractivity (Wildman–Crippen MR) is 90.1 cm³/mol. The fraction of sp³-hybridized carbons (Fsp3) is 0.267. The molecule has 2 amide bonds. The van der Waals surface area contributed by atoms with Gasteiger partial charge in [0, 0.05) is 35.1 Å². The molecule has 2 aromatic rings. The van der Waals surface area contributed by atoms with Crippen molar-refractivity contribution in [2.24, 2.45) is 0 Å². The SMILES string of the molecule is O=C(Nc1ccc(I)c2ccccc12)N1CCNCC1. The number of hydrogen-bond donors (Lipinski definition) is 2. The van der Waals surface area contributed by atoms with Crippen LogP contribution in [-0.4, -0.2) is 37.1 Å². The van der Waals surface area contributed by atoms with E-state index < -0.39 is 0 Å². The van der Waals surface area contributed by atoms with Crippen molar-refractivity contribution < 1.29 is 4.79 Å². The number of halogens is 1. The van der Waals surface area contributed by atoms with E-state index in [2.05, 4.69) is 39.3 Å². The van der Waals surface area contributed by atoms with Crippen molar-refractivity contribution in [2.75, 3.05) is 31.5 Å². The summed E-state index contributed by atoms with van der Waals surface area (Å²) >= 11 is 2.32. The van der Waals surface area contributed by atoms with Gasteiger partial charge in [-0.3, -0.25) is 0 Å². The molecule has 4 nitrogen and oxygen atoms in total. The number of amides is 2. The van der Waals surface area contributed by atoms with Gasteiger partial charge in [0.15, 0.2) is 0 Å². The Morgan fingerprint density at radius 3 is 2.55 bits per heavy atom. The van der Waals surface area contributed by atoms with E-state index in [1.165, 1.54) is 8.96 Å². The van der Waals surface area contributed by atoms with Crippen LogP contribution in [0.5, 0.6) is 0 Å². The highest BCUT2D eigenvalue weighted by Gasteiger charge is 2.16. The van der Waals surface area contributed by atoms with Crippen LogP contribution in [0.15, 0.2) is 36.4 Å². The highest BCUT2D eigenvalue weighted by atomic mass is 127. The van der Waals surface area contributed by atoms with E-state index in [1.807, 2.05) is 35.2 Å². The molecule has 2 aromatic carbocycles. The van der Waals surface area contributed by atoms with E-state index in [-0.39, 0.29) is 6.03 Å². The lowest BCUT2D eigenvalue weighted by atomic mass is 10.1. The molecule has 1 aliphatic heterocycles. The first-order valence-electron chi connectivity index (χ1n) is 6.69. The summed E-state index contributed by atoms with van der Waals surface area (Å²) in [6.45, 7) is 3.24. The summed E-state index contributed by atoms with van der Waals surface area (Å²) in [4.78, 5) is 14.1. The third kappa shape index (κ3) is 2.73. The molecule has 0 spiro atoms. The Labute approximate surface area is 131 Å². The van der Waals surface area contributed by atoms with Crippen molar-refractivity contribution in [3.8, 4) is 0 Å². The maximum absolute atomic E-state index is 12.3. The van der Waals surface area contributed by atoms with Gasteiger partial charge in [-0.1, -0.05) is 24.3 Å². The molecule has 104 valence electrons. The Hall–Kier alpha value is -1.34. The molecule has 1 saturated heterocycles. The van der Waals surface area contributed by atoms with Crippen LogP contribution < -0.4 is 10.6 Å². The Kier molecular flexibility index (Phi) is 4.07. The monoisotopic (exact) mass is 381 g/mol. The third-order valence-corrected chi connectivity index (χ3v) is 4.46. The number of rotatable bonds is 1. The lowest BCUT2D eigenvalue weighted by Crippen LogP contribution is -2.48. The van der Waals surface area contributed by atoms with Gasteiger partial charge in [0.25, 0.3) is 0 Å². The van der Waals surface area contributed by atoms with Crippen LogP contribution in [0.2, 0.25) is 0 Å². The van der Waals surface area contributed by atoms with Crippen LogP contribution in [0.25, 0.3) is 10.8 Å². The molecule has 5 heteroatoms. The first kappa shape index (κ1) is 13.6. The van der Waals surface area contributed by atoms with E-state index in [0.717, 1.165) is 37.3 Å². The van der Waals surface area contributed by atoms with E-state index in [9.17, 15) is 4.79 Å². The number of piperazine rings is 1. The van der Waals surface area contributed by atoms with Gasteiger partial charge in [-0.05, 0) is 40.1 Å². The zero-order chi connectivity index (χ0) is 13.9. The van der Waals surface area contributed by atoms with E-state index in [0.29, 0.717) is 0 Å². The molecular weight excluding hydrogens is 365 g/mol. The van der Waals surface area contributed by atoms with Crippen LogP contribution in [0.4, 0.5) is 10.5 Å². The second-order valence-electron chi connectivity index (χ2n) is 4.81. The summed E-state index contributed by atoms with van der Waals surface area (Å²) in [5.74, 6) is 0. The van der Waals surface area contributed by atoms with Crippen LogP contribution in [0, 0.1) is 3.57 Å². The molecule has 1 aliphatic rings. The zero-order valence-electron chi connectivity index (χ0n) is 11.0. The number of nitrogens with one attached hydrogen (secondary N) is 2. The molecule has 1 heterocycles. The minimum absolute atomic E-state index is 0.0159. The fourth-order valence-corrected chi connectivity index (χ4v) is 3.08.